The number of pyridine rings is 1. The van der Waals surface area contributed by atoms with E-state index in [4.69, 9.17) is 4.52 Å². The predicted molar refractivity (Wildman–Crippen MR) is 59.8 cm³/mol. The van der Waals surface area contributed by atoms with Gasteiger partial charge < -0.3 is 9.84 Å². The highest BCUT2D eigenvalue weighted by molar-refractivity contribution is 5.51. The van der Waals surface area contributed by atoms with E-state index in [1.54, 1.807) is 12.4 Å². The van der Waals surface area contributed by atoms with Crippen LogP contribution in [-0.4, -0.2) is 28.2 Å². The lowest BCUT2D eigenvalue weighted by atomic mass is 10.3. The molecule has 0 aliphatic rings. The molecule has 0 aromatic carbocycles. The minimum Gasteiger partial charge on any atom is -0.339 e. The van der Waals surface area contributed by atoms with E-state index in [0.717, 1.165) is 25.1 Å². The lowest BCUT2D eigenvalue weighted by molar-refractivity contribution is 0.377. The van der Waals surface area contributed by atoms with Crippen molar-refractivity contribution in [2.45, 2.75) is 13.3 Å². The highest BCUT2D eigenvalue weighted by Gasteiger charge is 2.07. The predicted octanol–water partition coefficient (Wildman–Crippen LogP) is 1.28. The highest BCUT2D eigenvalue weighted by Crippen LogP contribution is 2.13. The van der Waals surface area contributed by atoms with Gasteiger partial charge in [-0.2, -0.15) is 4.98 Å². The molecule has 0 unspecified atom stereocenters. The maximum absolute atomic E-state index is 5.14. The molecule has 5 nitrogen and oxygen atoms in total. The summed E-state index contributed by atoms with van der Waals surface area (Å²) in [6.07, 6.45) is 4.19. The van der Waals surface area contributed by atoms with E-state index in [2.05, 4.69) is 27.4 Å². The van der Waals surface area contributed by atoms with Gasteiger partial charge in [0.05, 0.1) is 0 Å². The number of hydrogen-bond acceptors (Lipinski definition) is 5. The van der Waals surface area contributed by atoms with Crippen molar-refractivity contribution in [2.24, 2.45) is 0 Å². The van der Waals surface area contributed by atoms with Crippen LogP contribution in [0.15, 0.2) is 29.0 Å². The van der Waals surface area contributed by atoms with Crippen molar-refractivity contribution in [1.29, 1.82) is 0 Å². The molecule has 0 aliphatic heterocycles. The normalized spacial score (nSPS) is 10.6. The Hall–Kier alpha value is -1.75. The molecule has 2 aromatic heterocycles. The molecule has 0 spiro atoms. The average Bonchev–Trinajstić information content (AvgIpc) is 2.79. The molecule has 0 bridgehead atoms. The maximum atomic E-state index is 5.14. The summed E-state index contributed by atoms with van der Waals surface area (Å²) < 4.78 is 5.14. The van der Waals surface area contributed by atoms with Gasteiger partial charge in [-0.15, -0.1) is 0 Å². The van der Waals surface area contributed by atoms with Gasteiger partial charge in [-0.3, -0.25) is 4.98 Å². The molecule has 0 radical (unpaired) electrons. The van der Waals surface area contributed by atoms with E-state index < -0.39 is 0 Å². The van der Waals surface area contributed by atoms with Crippen LogP contribution in [-0.2, 0) is 6.42 Å². The summed E-state index contributed by atoms with van der Waals surface area (Å²) in [6, 6.07) is 3.76. The molecule has 84 valence electrons. The monoisotopic (exact) mass is 218 g/mol. The Labute approximate surface area is 93.9 Å². The summed E-state index contributed by atoms with van der Waals surface area (Å²) in [5, 5.41) is 7.12. The van der Waals surface area contributed by atoms with Crippen LogP contribution in [0.25, 0.3) is 11.4 Å². The fourth-order valence-electron chi connectivity index (χ4n) is 1.34. The molecule has 2 aromatic rings. The first-order chi connectivity index (χ1) is 7.90. The second-order valence-electron chi connectivity index (χ2n) is 3.36. The van der Waals surface area contributed by atoms with Crippen molar-refractivity contribution in [1.82, 2.24) is 20.4 Å². The third kappa shape index (κ3) is 2.64. The Morgan fingerprint density at radius 3 is 3.12 bits per heavy atom. The minimum atomic E-state index is 0.597. The molecular formula is C11H14N4O. The standard InChI is InChI=1S/C11H14N4O/c1-2-12-7-5-10-14-11(15-16-10)9-4-3-6-13-8-9/h3-4,6,8,12H,2,5,7H2,1H3. The molecule has 1 N–H and O–H groups in total. The fourth-order valence-corrected chi connectivity index (χ4v) is 1.34. The van der Waals surface area contributed by atoms with Crippen molar-refractivity contribution in [3.05, 3.63) is 30.4 Å². The van der Waals surface area contributed by atoms with E-state index in [1.807, 2.05) is 12.1 Å². The van der Waals surface area contributed by atoms with Crippen LogP contribution in [0, 0.1) is 0 Å². The third-order valence-electron chi connectivity index (χ3n) is 2.15. The van der Waals surface area contributed by atoms with Crippen LogP contribution >= 0.6 is 0 Å². The Balaban J connectivity index is 2.02. The Morgan fingerprint density at radius 2 is 2.38 bits per heavy atom. The summed E-state index contributed by atoms with van der Waals surface area (Å²) in [7, 11) is 0. The first kappa shape index (κ1) is 10.8. The molecule has 0 saturated carbocycles. The average molecular weight is 218 g/mol. The zero-order chi connectivity index (χ0) is 11.2. The largest absolute Gasteiger partial charge is 0.339 e. The van der Waals surface area contributed by atoms with Crippen molar-refractivity contribution < 1.29 is 4.52 Å². The van der Waals surface area contributed by atoms with Gasteiger partial charge in [0, 0.05) is 30.9 Å². The van der Waals surface area contributed by atoms with Gasteiger partial charge in [0.2, 0.25) is 11.7 Å². The lowest BCUT2D eigenvalue weighted by Crippen LogP contribution is -2.16. The number of rotatable bonds is 5. The molecule has 16 heavy (non-hydrogen) atoms. The number of nitrogens with zero attached hydrogens (tertiary/aromatic N) is 3. The fraction of sp³-hybridized carbons (Fsp3) is 0.364. The SMILES string of the molecule is CCNCCc1nc(-c2cccnc2)no1. The van der Waals surface area contributed by atoms with Crippen LogP contribution in [0.4, 0.5) is 0 Å². The topological polar surface area (TPSA) is 63.8 Å². The molecule has 0 saturated heterocycles. The van der Waals surface area contributed by atoms with Gasteiger partial charge in [-0.1, -0.05) is 12.1 Å². The number of likely N-dealkylation sites (N-methyl/N-ethyl adjacent to an activating group) is 1. The van der Waals surface area contributed by atoms with E-state index >= 15 is 0 Å². The first-order valence-corrected chi connectivity index (χ1v) is 5.34. The molecule has 0 amide bonds. The van der Waals surface area contributed by atoms with Crippen molar-refractivity contribution in [3.8, 4) is 11.4 Å². The summed E-state index contributed by atoms with van der Waals surface area (Å²) in [6.45, 7) is 3.86. The van der Waals surface area contributed by atoms with Gasteiger partial charge in [0.1, 0.15) is 0 Å². The quantitative estimate of drug-likeness (QED) is 0.766. The van der Waals surface area contributed by atoms with Crippen LogP contribution in [0.2, 0.25) is 0 Å². The van der Waals surface area contributed by atoms with E-state index in [1.165, 1.54) is 0 Å². The Morgan fingerprint density at radius 1 is 1.44 bits per heavy atom. The van der Waals surface area contributed by atoms with Crippen molar-refractivity contribution in [2.75, 3.05) is 13.1 Å². The molecular weight excluding hydrogens is 204 g/mol. The van der Waals surface area contributed by atoms with Gasteiger partial charge in [-0.05, 0) is 18.7 Å². The molecule has 0 fully saturated rings. The summed E-state index contributed by atoms with van der Waals surface area (Å²) in [5.74, 6) is 1.25. The first-order valence-electron chi connectivity index (χ1n) is 5.34. The molecule has 2 heterocycles. The second-order valence-corrected chi connectivity index (χ2v) is 3.36. The van der Waals surface area contributed by atoms with Crippen LogP contribution in [0.1, 0.15) is 12.8 Å². The molecule has 2 rings (SSSR count). The summed E-state index contributed by atoms with van der Waals surface area (Å²) in [4.78, 5) is 8.31. The minimum absolute atomic E-state index is 0.597. The van der Waals surface area contributed by atoms with Crippen LogP contribution in [0.3, 0.4) is 0 Å². The van der Waals surface area contributed by atoms with Gasteiger partial charge >= 0.3 is 0 Å². The molecule has 0 aliphatic carbocycles. The zero-order valence-corrected chi connectivity index (χ0v) is 9.18. The van der Waals surface area contributed by atoms with Crippen molar-refractivity contribution >= 4 is 0 Å². The van der Waals surface area contributed by atoms with Gasteiger partial charge in [0.15, 0.2) is 0 Å². The highest BCUT2D eigenvalue weighted by atomic mass is 16.5. The lowest BCUT2D eigenvalue weighted by Gasteiger charge is -1.95. The van der Waals surface area contributed by atoms with E-state index in [9.17, 15) is 0 Å². The summed E-state index contributed by atoms with van der Waals surface area (Å²) >= 11 is 0. The zero-order valence-electron chi connectivity index (χ0n) is 9.18. The maximum Gasteiger partial charge on any atom is 0.228 e. The smallest absolute Gasteiger partial charge is 0.228 e. The Bertz CT molecular complexity index is 427. The van der Waals surface area contributed by atoms with Gasteiger partial charge in [-0.25, -0.2) is 0 Å². The van der Waals surface area contributed by atoms with E-state index in [-0.39, 0.29) is 0 Å². The van der Waals surface area contributed by atoms with Crippen LogP contribution < -0.4 is 5.32 Å². The summed E-state index contributed by atoms with van der Waals surface area (Å²) in [5.41, 5.74) is 0.876. The third-order valence-corrected chi connectivity index (χ3v) is 2.15. The number of nitrogens with one attached hydrogen (secondary N) is 1. The van der Waals surface area contributed by atoms with E-state index in [0.29, 0.717) is 11.7 Å². The number of hydrogen-bond donors (Lipinski definition) is 1. The molecule has 5 heteroatoms. The van der Waals surface area contributed by atoms with Crippen molar-refractivity contribution in [3.63, 3.8) is 0 Å². The number of aromatic nitrogens is 3. The van der Waals surface area contributed by atoms with Gasteiger partial charge in [0.25, 0.3) is 0 Å². The van der Waals surface area contributed by atoms with Crippen LogP contribution in [0.5, 0.6) is 0 Å². The molecule has 0 atom stereocenters. The second kappa shape index (κ2) is 5.37. The Kier molecular flexibility index (Phi) is 3.61.